The normalized spacial score (nSPS) is 12.4. The van der Waals surface area contributed by atoms with Crippen LogP contribution in [0.3, 0.4) is 0 Å². The average molecular weight is 308 g/mol. The largest absolute Gasteiger partial charge is 0.330 e. The molecule has 3 heteroatoms. The highest BCUT2D eigenvalue weighted by Gasteiger charge is 2.11. The molecule has 0 saturated heterocycles. The first-order chi connectivity index (χ1) is 8.69. The minimum atomic E-state index is -0.219. The maximum absolute atomic E-state index is 13.3. The van der Waals surface area contributed by atoms with Gasteiger partial charge in [-0.05, 0) is 42.3 Å². The molecule has 0 heterocycles. The molecule has 0 spiro atoms. The Morgan fingerprint density at radius 2 is 1.83 bits per heavy atom. The third-order valence-corrected chi connectivity index (χ3v) is 3.42. The maximum atomic E-state index is 13.3. The molecule has 94 valence electrons. The van der Waals surface area contributed by atoms with Gasteiger partial charge in [-0.15, -0.1) is 0 Å². The molecule has 1 unspecified atom stereocenters. The molecular weight excluding hydrogens is 293 g/mol. The third-order valence-electron chi connectivity index (χ3n) is 2.96. The number of halogens is 2. The molecule has 0 bridgehead atoms. The fourth-order valence-corrected chi connectivity index (χ4v) is 2.59. The predicted molar refractivity (Wildman–Crippen MR) is 76.0 cm³/mol. The molecule has 0 aromatic heterocycles. The van der Waals surface area contributed by atoms with Crippen molar-refractivity contribution in [3.05, 3.63) is 69.9 Å². The zero-order chi connectivity index (χ0) is 13.0. The standard InChI is InChI=1S/C15H15BrFN/c16-14-7-11(8-15(17)9-14)6-13(10-18)12-4-2-1-3-5-12/h1-5,7-9,13H,6,10,18H2. The molecule has 1 atom stereocenters. The lowest BCUT2D eigenvalue weighted by Gasteiger charge is -2.15. The quantitative estimate of drug-likeness (QED) is 0.911. The van der Waals surface area contributed by atoms with E-state index in [1.807, 2.05) is 24.3 Å². The Morgan fingerprint density at radius 1 is 1.11 bits per heavy atom. The molecular formula is C15H15BrFN. The Labute approximate surface area is 115 Å². The van der Waals surface area contributed by atoms with E-state index in [-0.39, 0.29) is 11.7 Å². The van der Waals surface area contributed by atoms with Crippen molar-refractivity contribution in [2.24, 2.45) is 5.73 Å². The van der Waals surface area contributed by atoms with E-state index in [1.54, 1.807) is 6.07 Å². The first-order valence-corrected chi connectivity index (χ1v) is 6.68. The highest BCUT2D eigenvalue weighted by Crippen LogP contribution is 2.22. The van der Waals surface area contributed by atoms with Gasteiger partial charge in [0.15, 0.2) is 0 Å². The fraction of sp³-hybridized carbons (Fsp3) is 0.200. The van der Waals surface area contributed by atoms with Crippen LogP contribution < -0.4 is 5.73 Å². The summed E-state index contributed by atoms with van der Waals surface area (Å²) < 4.78 is 14.1. The van der Waals surface area contributed by atoms with Crippen LogP contribution in [0.1, 0.15) is 17.0 Å². The Hall–Kier alpha value is -1.19. The lowest BCUT2D eigenvalue weighted by molar-refractivity contribution is 0.620. The Bertz CT molecular complexity index is 493. The lowest BCUT2D eigenvalue weighted by Crippen LogP contribution is -2.15. The molecule has 2 N–H and O–H groups in total. The van der Waals surface area contributed by atoms with Crippen LogP contribution in [0.2, 0.25) is 0 Å². The van der Waals surface area contributed by atoms with Crippen LogP contribution in [0.4, 0.5) is 4.39 Å². The number of benzene rings is 2. The van der Waals surface area contributed by atoms with Gasteiger partial charge in [0.2, 0.25) is 0 Å². The number of rotatable bonds is 4. The first kappa shape index (κ1) is 13.2. The molecule has 0 amide bonds. The van der Waals surface area contributed by atoms with Crippen molar-refractivity contribution in [2.75, 3.05) is 6.54 Å². The summed E-state index contributed by atoms with van der Waals surface area (Å²) in [4.78, 5) is 0. The number of hydrogen-bond donors (Lipinski definition) is 1. The van der Waals surface area contributed by atoms with Crippen molar-refractivity contribution in [2.45, 2.75) is 12.3 Å². The Morgan fingerprint density at radius 3 is 2.44 bits per heavy atom. The smallest absolute Gasteiger partial charge is 0.124 e. The van der Waals surface area contributed by atoms with E-state index in [2.05, 4.69) is 28.1 Å². The van der Waals surface area contributed by atoms with E-state index in [0.29, 0.717) is 6.54 Å². The van der Waals surface area contributed by atoms with Crippen LogP contribution in [-0.4, -0.2) is 6.54 Å². The molecule has 0 aliphatic rings. The molecule has 0 aliphatic heterocycles. The number of hydrogen-bond acceptors (Lipinski definition) is 1. The van der Waals surface area contributed by atoms with Gasteiger partial charge in [-0.2, -0.15) is 0 Å². The van der Waals surface area contributed by atoms with Crippen molar-refractivity contribution < 1.29 is 4.39 Å². The van der Waals surface area contributed by atoms with Crippen molar-refractivity contribution in [3.63, 3.8) is 0 Å². The summed E-state index contributed by atoms with van der Waals surface area (Å²) in [5.41, 5.74) is 7.98. The van der Waals surface area contributed by atoms with Gasteiger partial charge >= 0.3 is 0 Å². The highest BCUT2D eigenvalue weighted by molar-refractivity contribution is 9.10. The monoisotopic (exact) mass is 307 g/mol. The zero-order valence-electron chi connectivity index (χ0n) is 9.94. The van der Waals surface area contributed by atoms with Crippen LogP contribution in [0.25, 0.3) is 0 Å². The third kappa shape index (κ3) is 3.40. The van der Waals surface area contributed by atoms with E-state index >= 15 is 0 Å². The highest BCUT2D eigenvalue weighted by atomic mass is 79.9. The second-order valence-electron chi connectivity index (χ2n) is 4.33. The van der Waals surface area contributed by atoms with Crippen molar-refractivity contribution in [1.29, 1.82) is 0 Å². The minimum absolute atomic E-state index is 0.219. The topological polar surface area (TPSA) is 26.0 Å². The summed E-state index contributed by atoms with van der Waals surface area (Å²) in [7, 11) is 0. The van der Waals surface area contributed by atoms with Gasteiger partial charge in [-0.1, -0.05) is 46.3 Å². The van der Waals surface area contributed by atoms with E-state index in [0.717, 1.165) is 16.5 Å². The van der Waals surface area contributed by atoms with Gasteiger partial charge in [-0.25, -0.2) is 4.39 Å². The van der Waals surface area contributed by atoms with Crippen molar-refractivity contribution >= 4 is 15.9 Å². The van der Waals surface area contributed by atoms with Gasteiger partial charge < -0.3 is 5.73 Å². The van der Waals surface area contributed by atoms with Crippen LogP contribution >= 0.6 is 15.9 Å². The Kier molecular flexibility index (Phi) is 4.50. The molecule has 0 fully saturated rings. The number of nitrogens with two attached hydrogens (primary N) is 1. The Balaban J connectivity index is 2.20. The van der Waals surface area contributed by atoms with Crippen molar-refractivity contribution in [1.82, 2.24) is 0 Å². The zero-order valence-corrected chi connectivity index (χ0v) is 11.5. The van der Waals surface area contributed by atoms with Gasteiger partial charge in [0.25, 0.3) is 0 Å². The summed E-state index contributed by atoms with van der Waals surface area (Å²) in [5.74, 6) is 0.00288. The molecule has 0 radical (unpaired) electrons. The molecule has 18 heavy (non-hydrogen) atoms. The summed E-state index contributed by atoms with van der Waals surface area (Å²) in [6.45, 7) is 0.554. The van der Waals surface area contributed by atoms with Crippen LogP contribution in [0.5, 0.6) is 0 Å². The minimum Gasteiger partial charge on any atom is -0.330 e. The van der Waals surface area contributed by atoms with Gasteiger partial charge in [-0.3, -0.25) is 0 Å². The van der Waals surface area contributed by atoms with Gasteiger partial charge in [0.1, 0.15) is 5.82 Å². The van der Waals surface area contributed by atoms with Gasteiger partial charge in [0.05, 0.1) is 0 Å². The molecule has 2 aromatic rings. The summed E-state index contributed by atoms with van der Waals surface area (Å²) in [5, 5.41) is 0. The van der Waals surface area contributed by atoms with Crippen LogP contribution in [0.15, 0.2) is 53.0 Å². The first-order valence-electron chi connectivity index (χ1n) is 5.89. The molecule has 1 nitrogen and oxygen atoms in total. The van der Waals surface area contributed by atoms with Crippen LogP contribution in [0, 0.1) is 5.82 Å². The lowest BCUT2D eigenvalue weighted by atomic mass is 9.92. The fourth-order valence-electron chi connectivity index (χ4n) is 2.08. The second kappa shape index (κ2) is 6.12. The summed E-state index contributed by atoms with van der Waals surface area (Å²) in [6.07, 6.45) is 0.747. The average Bonchev–Trinajstić information content (AvgIpc) is 2.36. The summed E-state index contributed by atoms with van der Waals surface area (Å²) in [6, 6.07) is 15.1. The predicted octanol–water partition coefficient (Wildman–Crippen LogP) is 3.87. The molecule has 2 rings (SSSR count). The molecule has 2 aromatic carbocycles. The van der Waals surface area contributed by atoms with E-state index in [1.165, 1.54) is 11.6 Å². The molecule has 0 aliphatic carbocycles. The molecule has 0 saturated carbocycles. The maximum Gasteiger partial charge on any atom is 0.124 e. The van der Waals surface area contributed by atoms with E-state index < -0.39 is 0 Å². The van der Waals surface area contributed by atoms with E-state index in [4.69, 9.17) is 5.73 Å². The SMILES string of the molecule is NCC(Cc1cc(F)cc(Br)c1)c1ccccc1. The van der Waals surface area contributed by atoms with Crippen LogP contribution in [-0.2, 0) is 6.42 Å². The second-order valence-corrected chi connectivity index (χ2v) is 5.24. The van der Waals surface area contributed by atoms with Crippen molar-refractivity contribution in [3.8, 4) is 0 Å². The summed E-state index contributed by atoms with van der Waals surface area (Å²) >= 11 is 3.31. The van der Waals surface area contributed by atoms with E-state index in [9.17, 15) is 4.39 Å². The van der Waals surface area contributed by atoms with Gasteiger partial charge in [0, 0.05) is 10.4 Å².